The molecular formula is C5H10ClNO. The van der Waals surface area contributed by atoms with Gasteiger partial charge in [-0.25, -0.2) is 0 Å². The Balaban J connectivity index is 0. The fraction of sp³-hybridized carbons (Fsp3) is 0.600. The largest absolute Gasteiger partial charge is 0.462 e. The van der Waals surface area contributed by atoms with Crippen molar-refractivity contribution in [3.63, 3.8) is 0 Å². The molecule has 0 aromatic heterocycles. The zero-order valence-electron chi connectivity index (χ0n) is 4.93. The van der Waals surface area contributed by atoms with E-state index in [1.165, 1.54) is 0 Å². The van der Waals surface area contributed by atoms with Gasteiger partial charge in [0.1, 0.15) is 6.11 Å². The van der Waals surface area contributed by atoms with Crippen LogP contribution >= 0.6 is 12.4 Å². The third-order valence-corrected chi connectivity index (χ3v) is 0.378. The zero-order chi connectivity index (χ0) is 5.91. The number of rotatable bonds is 0. The molecule has 8 heavy (non-hydrogen) atoms. The van der Waals surface area contributed by atoms with Crippen LogP contribution in [0, 0.1) is 12.0 Å². The van der Waals surface area contributed by atoms with E-state index in [1.54, 1.807) is 20.0 Å². The van der Waals surface area contributed by atoms with Crippen molar-refractivity contribution < 1.29 is 5.11 Å². The van der Waals surface area contributed by atoms with Crippen molar-refractivity contribution in [2.75, 3.05) is 0 Å². The number of hydrogen-bond donors (Lipinski definition) is 2. The molecule has 0 spiro atoms. The topological polar surface area (TPSA) is 46.2 Å². The Morgan fingerprint density at radius 2 is 1.88 bits per heavy atom. The van der Waals surface area contributed by atoms with Crippen LogP contribution in [0.1, 0.15) is 13.8 Å². The highest BCUT2D eigenvalue weighted by Gasteiger charge is 2.02. The first-order valence-corrected chi connectivity index (χ1v) is 2.01. The first-order chi connectivity index (χ1) is 3.06. The van der Waals surface area contributed by atoms with E-state index >= 15 is 0 Å². The van der Waals surface area contributed by atoms with E-state index in [9.17, 15) is 0 Å². The lowest BCUT2D eigenvalue weighted by molar-refractivity contribution is 0.511. The Kier molecular flexibility index (Phi) is 4.74. The van der Waals surface area contributed by atoms with Crippen LogP contribution in [-0.4, -0.2) is 10.6 Å². The first-order valence-electron chi connectivity index (χ1n) is 2.01. The smallest absolute Gasteiger partial charge is 0.109 e. The minimum absolute atomic E-state index is 0. The summed E-state index contributed by atoms with van der Waals surface area (Å²) in [6.45, 7) is 3.44. The van der Waals surface area contributed by atoms with Crippen LogP contribution in [0.15, 0.2) is 0 Å². The second kappa shape index (κ2) is 3.59. The van der Waals surface area contributed by atoms with Gasteiger partial charge in [0.05, 0.1) is 5.54 Å². The molecule has 0 radical (unpaired) electrons. The lowest BCUT2D eigenvalue weighted by Crippen LogP contribution is -2.29. The van der Waals surface area contributed by atoms with Crippen molar-refractivity contribution in [2.45, 2.75) is 19.4 Å². The predicted molar refractivity (Wildman–Crippen MR) is 35.2 cm³/mol. The predicted octanol–water partition coefficient (Wildman–Crippen LogP) is 0.479. The summed E-state index contributed by atoms with van der Waals surface area (Å²) in [6, 6.07) is 0. The van der Waals surface area contributed by atoms with Crippen molar-refractivity contribution in [3.05, 3.63) is 0 Å². The van der Waals surface area contributed by atoms with Gasteiger partial charge in [-0.1, -0.05) is 0 Å². The highest BCUT2D eigenvalue weighted by Crippen LogP contribution is 1.89. The average Bonchev–Trinajstić information content (AvgIpc) is 1.30. The summed E-state index contributed by atoms with van der Waals surface area (Å²) in [5.41, 5.74) is 4.75. The molecule has 48 valence electrons. The van der Waals surface area contributed by atoms with Crippen molar-refractivity contribution in [1.29, 1.82) is 0 Å². The van der Waals surface area contributed by atoms with Crippen LogP contribution < -0.4 is 5.73 Å². The van der Waals surface area contributed by atoms with Gasteiger partial charge < -0.3 is 10.8 Å². The Morgan fingerprint density at radius 1 is 1.50 bits per heavy atom. The molecule has 0 rings (SSSR count). The van der Waals surface area contributed by atoms with Crippen molar-refractivity contribution in [3.8, 4) is 12.0 Å². The van der Waals surface area contributed by atoms with Gasteiger partial charge in [0.2, 0.25) is 0 Å². The van der Waals surface area contributed by atoms with Gasteiger partial charge in [-0.15, -0.1) is 12.4 Å². The normalized spacial score (nSPS) is 8.38. The summed E-state index contributed by atoms with van der Waals surface area (Å²) in [6.07, 6.45) is 1.73. The first kappa shape index (κ1) is 10.6. The van der Waals surface area contributed by atoms with Crippen molar-refractivity contribution in [2.24, 2.45) is 5.73 Å². The van der Waals surface area contributed by atoms with Crippen molar-refractivity contribution >= 4 is 12.4 Å². The van der Waals surface area contributed by atoms with Crippen LogP contribution in [0.25, 0.3) is 0 Å². The molecule has 3 heteroatoms. The fourth-order valence-electron chi connectivity index (χ4n) is 0.144. The second-order valence-corrected chi connectivity index (χ2v) is 1.96. The molecule has 2 nitrogen and oxygen atoms in total. The highest BCUT2D eigenvalue weighted by atomic mass is 35.5. The molecule has 0 unspecified atom stereocenters. The van der Waals surface area contributed by atoms with Gasteiger partial charge in [0.15, 0.2) is 0 Å². The Morgan fingerprint density at radius 3 is 1.88 bits per heavy atom. The number of hydrogen-bond acceptors (Lipinski definition) is 2. The van der Waals surface area contributed by atoms with Gasteiger partial charge in [-0.05, 0) is 19.8 Å². The lowest BCUT2D eigenvalue weighted by atomic mass is 10.1. The lowest BCUT2D eigenvalue weighted by Gasteiger charge is -2.05. The average molecular weight is 136 g/mol. The summed E-state index contributed by atoms with van der Waals surface area (Å²) in [5.74, 6) is 2.37. The standard InChI is InChI=1S/C5H9NO.ClH/c1-5(2,6)3-4-7;/h7H,6H2,1-2H3;1H. The van der Waals surface area contributed by atoms with Gasteiger partial charge in [-0.2, -0.15) is 0 Å². The molecule has 0 bridgehead atoms. The molecule has 3 N–H and O–H groups in total. The van der Waals surface area contributed by atoms with E-state index in [1.807, 2.05) is 0 Å². The van der Waals surface area contributed by atoms with E-state index in [0.717, 1.165) is 0 Å². The molecule has 0 heterocycles. The van der Waals surface area contributed by atoms with E-state index in [4.69, 9.17) is 10.8 Å². The summed E-state index contributed by atoms with van der Waals surface area (Å²) < 4.78 is 0. The summed E-state index contributed by atoms with van der Waals surface area (Å²) in [5, 5.41) is 7.96. The Hall–Kier alpha value is -0.390. The van der Waals surface area contributed by atoms with Gasteiger partial charge >= 0.3 is 0 Å². The molecule has 0 atom stereocenters. The van der Waals surface area contributed by atoms with Gasteiger partial charge in [0.25, 0.3) is 0 Å². The summed E-state index contributed by atoms with van der Waals surface area (Å²) in [4.78, 5) is 0. The zero-order valence-corrected chi connectivity index (χ0v) is 5.75. The maximum atomic E-state index is 7.96. The Bertz CT molecular complexity index is 106. The van der Waals surface area contributed by atoms with E-state index in [0.29, 0.717) is 0 Å². The molecule has 0 saturated heterocycles. The highest BCUT2D eigenvalue weighted by molar-refractivity contribution is 5.85. The van der Waals surface area contributed by atoms with Crippen LogP contribution in [-0.2, 0) is 0 Å². The molecule has 0 aliphatic heterocycles. The van der Waals surface area contributed by atoms with E-state index in [-0.39, 0.29) is 12.4 Å². The maximum absolute atomic E-state index is 7.96. The number of aliphatic hydroxyl groups is 1. The van der Waals surface area contributed by atoms with Crippen LogP contribution in [0.4, 0.5) is 0 Å². The van der Waals surface area contributed by atoms with Crippen LogP contribution in [0.5, 0.6) is 0 Å². The van der Waals surface area contributed by atoms with E-state index < -0.39 is 5.54 Å². The maximum Gasteiger partial charge on any atom is 0.109 e. The molecule has 0 amide bonds. The van der Waals surface area contributed by atoms with Crippen LogP contribution in [0.2, 0.25) is 0 Å². The minimum Gasteiger partial charge on any atom is -0.462 e. The molecular weight excluding hydrogens is 126 g/mol. The SMILES string of the molecule is CC(C)(N)C#CO.Cl. The molecule has 0 saturated carbocycles. The number of nitrogens with two attached hydrogens (primary N) is 1. The fourth-order valence-corrected chi connectivity index (χ4v) is 0.144. The summed E-state index contributed by atoms with van der Waals surface area (Å²) in [7, 11) is 0. The molecule has 0 aromatic carbocycles. The monoisotopic (exact) mass is 135 g/mol. The van der Waals surface area contributed by atoms with Crippen LogP contribution in [0.3, 0.4) is 0 Å². The Labute approximate surface area is 55.5 Å². The summed E-state index contributed by atoms with van der Waals surface area (Å²) >= 11 is 0. The molecule has 0 fully saturated rings. The van der Waals surface area contributed by atoms with E-state index in [2.05, 4.69) is 5.92 Å². The number of halogens is 1. The quantitative estimate of drug-likeness (QED) is 0.475. The van der Waals surface area contributed by atoms with Gasteiger partial charge in [0, 0.05) is 0 Å². The minimum atomic E-state index is -0.561. The molecule has 0 aliphatic carbocycles. The second-order valence-electron chi connectivity index (χ2n) is 1.96. The molecule has 0 aromatic rings. The third-order valence-electron chi connectivity index (χ3n) is 0.378. The molecule has 0 aliphatic rings. The number of aliphatic hydroxyl groups excluding tert-OH is 1. The third kappa shape index (κ3) is 9.15. The van der Waals surface area contributed by atoms with Gasteiger partial charge in [-0.3, -0.25) is 0 Å². The van der Waals surface area contributed by atoms with Crippen molar-refractivity contribution in [1.82, 2.24) is 0 Å².